The number of hydrogen-bond donors (Lipinski definition) is 0. The van der Waals surface area contributed by atoms with Crippen LogP contribution in [0, 0.1) is 0 Å². The van der Waals surface area contributed by atoms with E-state index < -0.39 is 0 Å². The lowest BCUT2D eigenvalue weighted by Gasteiger charge is -2.25. The molecule has 1 aromatic heterocycles. The number of nitrogens with zero attached hydrogens (tertiary/aromatic N) is 1. The second kappa shape index (κ2) is 9.15. The number of carbonyl (C=O) groups excluding carboxylic acids is 2. The number of ether oxygens (including phenoxy) is 2. The van der Waals surface area contributed by atoms with Gasteiger partial charge in [-0.3, -0.25) is 9.59 Å². The van der Waals surface area contributed by atoms with Crippen molar-refractivity contribution in [2.24, 2.45) is 0 Å². The number of benzene rings is 1. The molecule has 3 rings (SSSR count). The zero-order chi connectivity index (χ0) is 19.2. The van der Waals surface area contributed by atoms with Gasteiger partial charge >= 0.3 is 0 Å². The molecule has 0 N–H and O–H groups in total. The number of hydrogen-bond acceptors (Lipinski definition) is 5. The van der Waals surface area contributed by atoms with Crippen molar-refractivity contribution in [2.75, 3.05) is 20.3 Å². The van der Waals surface area contributed by atoms with Gasteiger partial charge in [-0.15, -0.1) is 11.3 Å². The van der Waals surface area contributed by atoms with E-state index in [-0.39, 0.29) is 24.2 Å². The Balaban J connectivity index is 1.78. The standard InChI is InChI=1S/C21H25NO4S/c1-15(23)16-7-8-20(25-2)17(11-16)12-21(24)22(13-18-5-3-9-26-18)14-19-6-4-10-27-19/h4,6-8,10-11,18H,3,5,9,12-14H2,1-2H3. The number of rotatable bonds is 8. The van der Waals surface area contributed by atoms with E-state index in [9.17, 15) is 9.59 Å². The van der Waals surface area contributed by atoms with Gasteiger partial charge in [-0.05, 0) is 49.4 Å². The van der Waals surface area contributed by atoms with E-state index in [0.717, 1.165) is 29.9 Å². The summed E-state index contributed by atoms with van der Waals surface area (Å²) in [6, 6.07) is 9.27. The highest BCUT2D eigenvalue weighted by Crippen LogP contribution is 2.23. The summed E-state index contributed by atoms with van der Waals surface area (Å²) in [6.07, 6.45) is 2.32. The summed E-state index contributed by atoms with van der Waals surface area (Å²) >= 11 is 1.64. The summed E-state index contributed by atoms with van der Waals surface area (Å²) < 4.78 is 11.1. The Kier molecular flexibility index (Phi) is 6.63. The van der Waals surface area contributed by atoms with Crippen molar-refractivity contribution < 1.29 is 19.1 Å². The first-order chi connectivity index (χ1) is 13.1. The van der Waals surface area contributed by atoms with Gasteiger partial charge in [-0.2, -0.15) is 0 Å². The molecule has 0 aliphatic carbocycles. The van der Waals surface area contributed by atoms with Crippen molar-refractivity contribution in [3.63, 3.8) is 0 Å². The summed E-state index contributed by atoms with van der Waals surface area (Å²) in [5, 5.41) is 2.02. The lowest BCUT2D eigenvalue weighted by Crippen LogP contribution is -2.37. The highest BCUT2D eigenvalue weighted by Gasteiger charge is 2.24. The molecule has 5 nitrogen and oxygen atoms in total. The first-order valence-electron chi connectivity index (χ1n) is 9.16. The van der Waals surface area contributed by atoms with Crippen LogP contribution in [0.3, 0.4) is 0 Å². The fraction of sp³-hybridized carbons (Fsp3) is 0.429. The Morgan fingerprint density at radius 1 is 1.33 bits per heavy atom. The van der Waals surface area contributed by atoms with Crippen molar-refractivity contribution in [3.8, 4) is 5.75 Å². The Labute approximate surface area is 163 Å². The highest BCUT2D eigenvalue weighted by molar-refractivity contribution is 7.09. The minimum atomic E-state index is -0.0267. The Morgan fingerprint density at radius 3 is 2.81 bits per heavy atom. The topological polar surface area (TPSA) is 55.8 Å². The number of carbonyl (C=O) groups is 2. The molecule has 1 unspecified atom stereocenters. The first-order valence-corrected chi connectivity index (χ1v) is 10.0. The quantitative estimate of drug-likeness (QED) is 0.648. The van der Waals surface area contributed by atoms with Crippen molar-refractivity contribution in [3.05, 3.63) is 51.7 Å². The van der Waals surface area contributed by atoms with Gasteiger partial charge in [0, 0.05) is 29.2 Å². The second-order valence-corrected chi connectivity index (χ2v) is 7.78. The fourth-order valence-corrected chi connectivity index (χ4v) is 4.01. The van der Waals surface area contributed by atoms with Gasteiger partial charge in [0.1, 0.15) is 5.75 Å². The molecule has 2 heterocycles. The molecule has 0 bridgehead atoms. The summed E-state index contributed by atoms with van der Waals surface area (Å²) in [6.45, 7) is 3.45. The van der Waals surface area contributed by atoms with Gasteiger partial charge in [-0.1, -0.05) is 6.07 Å². The van der Waals surface area contributed by atoms with E-state index in [1.54, 1.807) is 36.6 Å². The second-order valence-electron chi connectivity index (χ2n) is 6.75. The molecule has 1 amide bonds. The molecule has 0 spiro atoms. The van der Waals surface area contributed by atoms with Crippen LogP contribution < -0.4 is 4.74 Å². The third-order valence-electron chi connectivity index (χ3n) is 4.76. The summed E-state index contributed by atoms with van der Waals surface area (Å²) in [4.78, 5) is 27.8. The molecule has 27 heavy (non-hydrogen) atoms. The number of amides is 1. The van der Waals surface area contributed by atoms with Crippen LogP contribution in [0.1, 0.15) is 40.6 Å². The summed E-state index contributed by atoms with van der Waals surface area (Å²) in [5.41, 5.74) is 1.32. The molecule has 6 heteroatoms. The van der Waals surface area contributed by atoms with Gasteiger partial charge in [0.2, 0.25) is 5.91 Å². The molecule has 1 saturated heterocycles. The summed E-state index contributed by atoms with van der Waals surface area (Å²) in [7, 11) is 1.58. The van der Waals surface area contributed by atoms with E-state index in [1.807, 2.05) is 22.4 Å². The molecular formula is C21H25NO4S. The normalized spacial score (nSPS) is 16.3. The van der Waals surface area contributed by atoms with Crippen LogP contribution in [0.4, 0.5) is 0 Å². The third-order valence-corrected chi connectivity index (χ3v) is 5.62. The van der Waals surface area contributed by atoms with E-state index in [0.29, 0.717) is 24.4 Å². The van der Waals surface area contributed by atoms with Crippen LogP contribution >= 0.6 is 11.3 Å². The van der Waals surface area contributed by atoms with Crippen molar-refractivity contribution in [2.45, 2.75) is 38.8 Å². The minimum Gasteiger partial charge on any atom is -0.496 e. The van der Waals surface area contributed by atoms with E-state index in [2.05, 4.69) is 0 Å². The molecule has 0 saturated carbocycles. The van der Waals surface area contributed by atoms with E-state index >= 15 is 0 Å². The minimum absolute atomic E-state index is 0.0119. The predicted molar refractivity (Wildman–Crippen MR) is 105 cm³/mol. The molecule has 1 aromatic carbocycles. The average molecular weight is 388 g/mol. The Morgan fingerprint density at radius 2 is 2.19 bits per heavy atom. The van der Waals surface area contributed by atoms with Crippen molar-refractivity contribution >= 4 is 23.0 Å². The largest absolute Gasteiger partial charge is 0.496 e. The summed E-state index contributed by atoms with van der Waals surface area (Å²) in [5.74, 6) is 0.612. The fourth-order valence-electron chi connectivity index (χ4n) is 3.29. The molecule has 1 aliphatic rings. The maximum absolute atomic E-state index is 13.1. The zero-order valence-electron chi connectivity index (χ0n) is 15.8. The van der Waals surface area contributed by atoms with Crippen molar-refractivity contribution in [1.29, 1.82) is 0 Å². The van der Waals surface area contributed by atoms with Crippen LogP contribution in [0.25, 0.3) is 0 Å². The molecular weight excluding hydrogens is 362 g/mol. The van der Waals surface area contributed by atoms with Crippen LogP contribution in [0.2, 0.25) is 0 Å². The SMILES string of the molecule is COc1ccc(C(C)=O)cc1CC(=O)N(Cc1cccs1)CC1CCCO1. The van der Waals surface area contributed by atoms with Crippen molar-refractivity contribution in [1.82, 2.24) is 4.90 Å². The maximum Gasteiger partial charge on any atom is 0.227 e. The van der Waals surface area contributed by atoms with Gasteiger partial charge in [-0.25, -0.2) is 0 Å². The Bertz CT molecular complexity index is 781. The Hall–Kier alpha value is -2.18. The monoisotopic (exact) mass is 387 g/mol. The molecule has 2 aromatic rings. The van der Waals surface area contributed by atoms with E-state index in [1.165, 1.54) is 6.92 Å². The molecule has 1 fully saturated rings. The van der Waals surface area contributed by atoms with Crippen LogP contribution in [0.15, 0.2) is 35.7 Å². The van der Waals surface area contributed by atoms with Gasteiger partial charge in [0.25, 0.3) is 0 Å². The molecule has 0 radical (unpaired) electrons. The number of ketones is 1. The lowest BCUT2D eigenvalue weighted by molar-refractivity contribution is -0.132. The van der Waals surface area contributed by atoms with Gasteiger partial charge in [0.15, 0.2) is 5.78 Å². The van der Waals surface area contributed by atoms with Gasteiger partial charge < -0.3 is 14.4 Å². The molecule has 144 valence electrons. The average Bonchev–Trinajstić information content (AvgIpc) is 3.35. The van der Waals surface area contributed by atoms with Crippen LogP contribution in [-0.2, 0) is 22.5 Å². The molecule has 1 aliphatic heterocycles. The van der Waals surface area contributed by atoms with Crippen LogP contribution in [0.5, 0.6) is 5.75 Å². The predicted octanol–water partition coefficient (Wildman–Crippen LogP) is 3.71. The smallest absolute Gasteiger partial charge is 0.227 e. The third kappa shape index (κ3) is 5.17. The van der Waals surface area contributed by atoms with Gasteiger partial charge in [0.05, 0.1) is 26.2 Å². The first kappa shape index (κ1) is 19.6. The lowest BCUT2D eigenvalue weighted by atomic mass is 10.0. The van der Waals surface area contributed by atoms with E-state index in [4.69, 9.17) is 9.47 Å². The zero-order valence-corrected chi connectivity index (χ0v) is 16.6. The maximum atomic E-state index is 13.1. The highest BCUT2D eigenvalue weighted by atomic mass is 32.1. The number of Topliss-reactive ketones (excluding diaryl/α,β-unsaturated/α-hetero) is 1. The molecule has 1 atom stereocenters. The number of thiophene rings is 1. The van der Waals surface area contributed by atoms with Crippen LogP contribution in [-0.4, -0.2) is 43.0 Å². The number of methoxy groups -OCH3 is 1.